The summed E-state index contributed by atoms with van der Waals surface area (Å²) in [6, 6.07) is 1.95. The summed E-state index contributed by atoms with van der Waals surface area (Å²) in [5, 5.41) is 4.39. The quantitative estimate of drug-likeness (QED) is 0.704. The fourth-order valence-corrected chi connectivity index (χ4v) is 1.39. The van der Waals surface area contributed by atoms with Crippen molar-refractivity contribution < 1.29 is 0 Å². The highest BCUT2D eigenvalue weighted by molar-refractivity contribution is 5.45. The van der Waals surface area contributed by atoms with Crippen molar-refractivity contribution in [3.05, 3.63) is 17.6 Å². The van der Waals surface area contributed by atoms with Crippen LogP contribution in [0.3, 0.4) is 0 Å². The van der Waals surface area contributed by atoms with Crippen molar-refractivity contribution in [2.45, 2.75) is 33.1 Å². The molecule has 0 amide bonds. The molecular formula is C10H15N5. The molecule has 0 fully saturated rings. The minimum atomic E-state index is -0.00591. The van der Waals surface area contributed by atoms with E-state index in [0.717, 1.165) is 11.3 Å². The predicted molar refractivity (Wildman–Crippen MR) is 58.6 cm³/mol. The molecule has 0 bridgehead atoms. The highest BCUT2D eigenvalue weighted by atomic mass is 15.3. The van der Waals surface area contributed by atoms with Gasteiger partial charge in [0.25, 0.3) is 0 Å². The Morgan fingerprint density at radius 2 is 1.93 bits per heavy atom. The summed E-state index contributed by atoms with van der Waals surface area (Å²) >= 11 is 0. The molecule has 0 unspecified atom stereocenters. The van der Waals surface area contributed by atoms with Gasteiger partial charge in [-0.25, -0.2) is 4.98 Å². The first-order chi connectivity index (χ1) is 6.88. The molecule has 2 aromatic rings. The van der Waals surface area contributed by atoms with Gasteiger partial charge in [-0.05, 0) is 6.92 Å². The van der Waals surface area contributed by atoms with Gasteiger partial charge in [-0.3, -0.25) is 0 Å². The predicted octanol–water partition coefficient (Wildman–Crippen LogP) is 1.31. The van der Waals surface area contributed by atoms with E-state index in [-0.39, 0.29) is 5.41 Å². The summed E-state index contributed by atoms with van der Waals surface area (Å²) < 4.78 is 1.58. The molecule has 0 saturated heterocycles. The summed E-state index contributed by atoms with van der Waals surface area (Å²) in [6.07, 6.45) is 0. The zero-order valence-electron chi connectivity index (χ0n) is 9.44. The van der Waals surface area contributed by atoms with Gasteiger partial charge >= 0.3 is 0 Å². The second-order valence-electron chi connectivity index (χ2n) is 4.68. The standard InChI is InChI=1S/C10H15N5/c1-6-12-8-5-7(10(2,3)4)14-15(8)9(11)13-6/h5H,1-4H3,(H2,11,12,13). The maximum Gasteiger partial charge on any atom is 0.224 e. The molecule has 2 rings (SSSR count). The minimum Gasteiger partial charge on any atom is -0.368 e. The topological polar surface area (TPSA) is 69.1 Å². The number of nitrogens with zero attached hydrogens (tertiary/aromatic N) is 4. The molecular weight excluding hydrogens is 190 g/mol. The van der Waals surface area contributed by atoms with Gasteiger partial charge in [0.2, 0.25) is 5.95 Å². The van der Waals surface area contributed by atoms with Crippen LogP contribution < -0.4 is 5.73 Å². The normalized spacial score (nSPS) is 12.3. The van der Waals surface area contributed by atoms with Crippen molar-refractivity contribution in [2.75, 3.05) is 5.73 Å². The van der Waals surface area contributed by atoms with Crippen molar-refractivity contribution in [1.29, 1.82) is 0 Å². The minimum absolute atomic E-state index is 0.00591. The molecule has 2 heterocycles. The van der Waals surface area contributed by atoms with Crippen LogP contribution >= 0.6 is 0 Å². The van der Waals surface area contributed by atoms with Gasteiger partial charge in [-0.15, -0.1) is 0 Å². The largest absolute Gasteiger partial charge is 0.368 e. The third kappa shape index (κ3) is 1.65. The third-order valence-electron chi connectivity index (χ3n) is 2.23. The molecule has 2 aromatic heterocycles. The molecule has 0 spiro atoms. The van der Waals surface area contributed by atoms with Gasteiger partial charge in [0.15, 0.2) is 5.65 Å². The molecule has 5 nitrogen and oxygen atoms in total. The van der Waals surface area contributed by atoms with E-state index in [1.54, 1.807) is 4.52 Å². The number of fused-ring (bicyclic) bond motifs is 1. The second kappa shape index (κ2) is 2.92. The van der Waals surface area contributed by atoms with Crippen LogP contribution in [-0.4, -0.2) is 19.6 Å². The van der Waals surface area contributed by atoms with Crippen LogP contribution in [0.1, 0.15) is 32.3 Å². The van der Waals surface area contributed by atoms with E-state index in [4.69, 9.17) is 5.73 Å². The number of nitrogens with two attached hydrogens (primary N) is 1. The van der Waals surface area contributed by atoms with Crippen LogP contribution in [0.25, 0.3) is 5.65 Å². The summed E-state index contributed by atoms with van der Waals surface area (Å²) in [4.78, 5) is 8.34. The Bertz CT molecular complexity index is 506. The van der Waals surface area contributed by atoms with Crippen molar-refractivity contribution in [2.24, 2.45) is 0 Å². The average molecular weight is 205 g/mol. The number of hydrogen-bond donors (Lipinski definition) is 1. The van der Waals surface area contributed by atoms with Crippen LogP contribution in [0, 0.1) is 6.92 Å². The molecule has 2 N–H and O–H groups in total. The van der Waals surface area contributed by atoms with Gasteiger partial charge in [0.1, 0.15) is 5.82 Å². The van der Waals surface area contributed by atoms with Crippen molar-refractivity contribution in [1.82, 2.24) is 19.6 Å². The van der Waals surface area contributed by atoms with Gasteiger partial charge in [0.05, 0.1) is 5.69 Å². The molecule has 0 saturated carbocycles. The first-order valence-electron chi connectivity index (χ1n) is 4.88. The smallest absolute Gasteiger partial charge is 0.224 e. The summed E-state index contributed by atoms with van der Waals surface area (Å²) in [5.74, 6) is 1.05. The van der Waals surface area contributed by atoms with Crippen LogP contribution in [-0.2, 0) is 5.41 Å². The molecule has 5 heteroatoms. The molecule has 0 aliphatic heterocycles. The third-order valence-corrected chi connectivity index (χ3v) is 2.23. The summed E-state index contributed by atoms with van der Waals surface area (Å²) in [6.45, 7) is 8.13. The van der Waals surface area contributed by atoms with Crippen LogP contribution in [0.2, 0.25) is 0 Å². The maximum atomic E-state index is 5.76. The first kappa shape index (κ1) is 9.89. The molecule has 15 heavy (non-hydrogen) atoms. The number of aromatic nitrogens is 4. The Kier molecular flexibility index (Phi) is 1.92. The SMILES string of the molecule is Cc1nc(N)n2nc(C(C)(C)C)cc2n1. The van der Waals surface area contributed by atoms with Gasteiger partial charge in [-0.1, -0.05) is 20.8 Å². The highest BCUT2D eigenvalue weighted by Crippen LogP contribution is 2.22. The van der Waals surface area contributed by atoms with E-state index < -0.39 is 0 Å². The van der Waals surface area contributed by atoms with E-state index in [1.807, 2.05) is 13.0 Å². The highest BCUT2D eigenvalue weighted by Gasteiger charge is 2.19. The lowest BCUT2D eigenvalue weighted by atomic mass is 9.93. The van der Waals surface area contributed by atoms with Crippen LogP contribution in [0.15, 0.2) is 6.07 Å². The van der Waals surface area contributed by atoms with E-state index in [9.17, 15) is 0 Å². The molecule has 0 radical (unpaired) electrons. The Labute approximate surface area is 88.3 Å². The average Bonchev–Trinajstić information content (AvgIpc) is 2.46. The van der Waals surface area contributed by atoms with E-state index in [1.165, 1.54) is 0 Å². The lowest BCUT2D eigenvalue weighted by Gasteiger charge is -2.13. The van der Waals surface area contributed by atoms with Crippen molar-refractivity contribution >= 4 is 11.6 Å². The second-order valence-corrected chi connectivity index (χ2v) is 4.68. The van der Waals surface area contributed by atoms with Crippen LogP contribution in [0.4, 0.5) is 5.95 Å². The van der Waals surface area contributed by atoms with Crippen molar-refractivity contribution in [3.8, 4) is 0 Å². The van der Waals surface area contributed by atoms with Gasteiger partial charge in [-0.2, -0.15) is 14.6 Å². The number of rotatable bonds is 0. The first-order valence-corrected chi connectivity index (χ1v) is 4.88. The molecule has 0 aliphatic rings. The number of nitrogen functional groups attached to an aromatic ring is 1. The lowest BCUT2D eigenvalue weighted by Crippen LogP contribution is -2.12. The van der Waals surface area contributed by atoms with Gasteiger partial charge in [0, 0.05) is 11.5 Å². The maximum absolute atomic E-state index is 5.76. The molecule has 0 aliphatic carbocycles. The monoisotopic (exact) mass is 205 g/mol. The number of anilines is 1. The van der Waals surface area contributed by atoms with E-state index >= 15 is 0 Å². The zero-order valence-corrected chi connectivity index (χ0v) is 9.44. The van der Waals surface area contributed by atoms with E-state index in [0.29, 0.717) is 11.8 Å². The molecule has 80 valence electrons. The summed E-state index contributed by atoms with van der Waals surface area (Å²) in [7, 11) is 0. The van der Waals surface area contributed by atoms with Gasteiger partial charge < -0.3 is 5.73 Å². The van der Waals surface area contributed by atoms with Crippen molar-refractivity contribution in [3.63, 3.8) is 0 Å². The Morgan fingerprint density at radius 3 is 2.53 bits per heavy atom. The fraction of sp³-hybridized carbons (Fsp3) is 0.500. The molecule has 0 aromatic carbocycles. The lowest BCUT2D eigenvalue weighted by molar-refractivity contribution is 0.562. The zero-order chi connectivity index (χ0) is 11.2. The summed E-state index contributed by atoms with van der Waals surface area (Å²) in [5.41, 5.74) is 7.48. The Morgan fingerprint density at radius 1 is 1.27 bits per heavy atom. The Balaban J connectivity index is 2.71. The Hall–Kier alpha value is -1.65. The number of hydrogen-bond acceptors (Lipinski definition) is 4. The number of aryl methyl sites for hydroxylation is 1. The fourth-order valence-electron chi connectivity index (χ4n) is 1.39. The van der Waals surface area contributed by atoms with E-state index in [2.05, 4.69) is 35.8 Å². The van der Waals surface area contributed by atoms with Crippen LogP contribution in [0.5, 0.6) is 0 Å². The molecule has 0 atom stereocenters.